The quantitative estimate of drug-likeness (QED) is 0.494. The Balaban J connectivity index is 2.70. The number of ether oxygens (including phenoxy) is 1. The number of nitrogens with two attached hydrogens (primary N) is 1. The Bertz CT molecular complexity index is 830. The molecule has 2 aromatic carbocycles. The van der Waals surface area contributed by atoms with E-state index in [2.05, 4.69) is 0 Å². The molecule has 0 heterocycles. The number of benzene rings is 2. The summed E-state index contributed by atoms with van der Waals surface area (Å²) >= 11 is 0. The van der Waals surface area contributed by atoms with E-state index in [4.69, 9.17) is 10.5 Å². The third kappa shape index (κ3) is 3.19. The van der Waals surface area contributed by atoms with E-state index in [1.54, 1.807) is 13.0 Å². The van der Waals surface area contributed by atoms with Gasteiger partial charge in [-0.1, -0.05) is 6.07 Å². The van der Waals surface area contributed by atoms with Gasteiger partial charge in [0.2, 0.25) is 0 Å². The zero-order valence-corrected chi connectivity index (χ0v) is 12.2. The fourth-order valence-electron chi connectivity index (χ4n) is 1.91. The van der Waals surface area contributed by atoms with E-state index in [0.29, 0.717) is 17.7 Å². The summed E-state index contributed by atoms with van der Waals surface area (Å²) in [4.78, 5) is 30.2. The zero-order chi connectivity index (χ0) is 18.0. The lowest BCUT2D eigenvalue weighted by Gasteiger charge is -2.10. The molecule has 0 unspecified atom stereocenters. The minimum atomic E-state index is -0.999. The Morgan fingerprint density at radius 2 is 1.46 bits per heavy atom. The van der Waals surface area contributed by atoms with Crippen molar-refractivity contribution in [3.05, 3.63) is 66.2 Å². The number of hydrogen-bond donors (Lipinski definition) is 1. The molecule has 0 spiro atoms. The molecule has 0 aliphatic rings. The smallest absolute Gasteiger partial charge is 0.325 e. The van der Waals surface area contributed by atoms with Crippen molar-refractivity contribution < 1.29 is 19.5 Å². The molecule has 11 heteroatoms. The van der Waals surface area contributed by atoms with Crippen molar-refractivity contribution in [3.63, 3.8) is 0 Å². The SMILES string of the molecule is Cc1ccc(N)c(Oc2c([N+](=O)[O-])cc([N+](=O)[O-])cc2[N+](=O)[O-])c1. The molecular formula is C13H10N4O7. The van der Waals surface area contributed by atoms with Crippen LogP contribution in [0.5, 0.6) is 11.5 Å². The van der Waals surface area contributed by atoms with Crippen LogP contribution in [0.4, 0.5) is 22.7 Å². The number of nitro benzene ring substituents is 3. The van der Waals surface area contributed by atoms with Gasteiger partial charge < -0.3 is 10.5 Å². The van der Waals surface area contributed by atoms with Crippen molar-refractivity contribution in [2.45, 2.75) is 6.92 Å². The third-order valence-electron chi connectivity index (χ3n) is 3.02. The molecule has 2 rings (SSSR count). The van der Waals surface area contributed by atoms with E-state index in [1.165, 1.54) is 12.1 Å². The largest absolute Gasteiger partial charge is 0.442 e. The Morgan fingerprint density at radius 1 is 0.917 bits per heavy atom. The number of nitro groups is 3. The number of nitrogen functional groups attached to an aromatic ring is 1. The lowest BCUT2D eigenvalue weighted by Crippen LogP contribution is -2.02. The van der Waals surface area contributed by atoms with Crippen LogP contribution < -0.4 is 10.5 Å². The molecule has 2 N–H and O–H groups in total. The lowest BCUT2D eigenvalue weighted by atomic mass is 10.2. The predicted molar refractivity (Wildman–Crippen MR) is 82.1 cm³/mol. The van der Waals surface area contributed by atoms with Crippen molar-refractivity contribution in [1.82, 2.24) is 0 Å². The van der Waals surface area contributed by atoms with Crippen molar-refractivity contribution >= 4 is 22.7 Å². The summed E-state index contributed by atoms with van der Waals surface area (Å²) in [6, 6.07) is 5.74. The standard InChI is InChI=1S/C13H10N4O7/c1-7-2-3-9(14)12(4-7)24-13-10(16(20)21)5-8(15(18)19)6-11(13)17(22)23/h2-6H,14H2,1H3. The molecule has 0 saturated carbocycles. The lowest BCUT2D eigenvalue weighted by molar-refractivity contribution is -0.404. The molecule has 0 saturated heterocycles. The molecule has 0 radical (unpaired) electrons. The molecule has 11 nitrogen and oxygen atoms in total. The predicted octanol–water partition coefficient (Wildman–Crippen LogP) is 3.09. The highest BCUT2D eigenvalue weighted by molar-refractivity contribution is 5.68. The molecule has 0 bridgehead atoms. The molecule has 0 atom stereocenters. The summed E-state index contributed by atoms with van der Waals surface area (Å²) in [5.41, 5.74) is 3.89. The van der Waals surface area contributed by atoms with Crippen LogP contribution in [0.1, 0.15) is 5.56 Å². The summed E-state index contributed by atoms with van der Waals surface area (Å²) in [6.45, 7) is 1.70. The molecule has 24 heavy (non-hydrogen) atoms. The van der Waals surface area contributed by atoms with E-state index >= 15 is 0 Å². The van der Waals surface area contributed by atoms with Gasteiger partial charge in [0.25, 0.3) is 11.4 Å². The third-order valence-corrected chi connectivity index (χ3v) is 3.02. The van der Waals surface area contributed by atoms with Crippen LogP contribution in [0, 0.1) is 37.3 Å². The number of anilines is 1. The fourth-order valence-corrected chi connectivity index (χ4v) is 1.91. The van der Waals surface area contributed by atoms with Gasteiger partial charge in [0.1, 0.15) is 0 Å². The van der Waals surface area contributed by atoms with E-state index < -0.39 is 37.6 Å². The van der Waals surface area contributed by atoms with Gasteiger partial charge in [0, 0.05) is 0 Å². The molecule has 0 amide bonds. The molecular weight excluding hydrogens is 324 g/mol. The van der Waals surface area contributed by atoms with E-state index in [9.17, 15) is 30.3 Å². The number of aryl methyl sites for hydroxylation is 1. The highest BCUT2D eigenvalue weighted by atomic mass is 16.6. The highest BCUT2D eigenvalue weighted by Gasteiger charge is 2.33. The number of hydrogen-bond acceptors (Lipinski definition) is 8. The van der Waals surface area contributed by atoms with Gasteiger partial charge in [0.15, 0.2) is 5.75 Å². The monoisotopic (exact) mass is 334 g/mol. The first-order chi connectivity index (χ1) is 11.2. The van der Waals surface area contributed by atoms with Crippen LogP contribution in [0.3, 0.4) is 0 Å². The summed E-state index contributed by atoms with van der Waals surface area (Å²) in [6.07, 6.45) is 0. The highest BCUT2D eigenvalue weighted by Crippen LogP contribution is 2.43. The molecule has 124 valence electrons. The van der Waals surface area contributed by atoms with Crippen LogP contribution in [0.2, 0.25) is 0 Å². The Kier molecular flexibility index (Phi) is 4.26. The number of non-ortho nitro benzene ring substituents is 1. The van der Waals surface area contributed by atoms with Crippen LogP contribution >= 0.6 is 0 Å². The maximum atomic E-state index is 11.2. The zero-order valence-electron chi connectivity index (χ0n) is 12.2. The van der Waals surface area contributed by atoms with Crippen LogP contribution in [-0.4, -0.2) is 14.8 Å². The van der Waals surface area contributed by atoms with Gasteiger partial charge in [-0.05, 0) is 24.6 Å². The summed E-state index contributed by atoms with van der Waals surface area (Å²) in [5.74, 6) is -0.761. The first kappa shape index (κ1) is 16.6. The fraction of sp³-hybridized carbons (Fsp3) is 0.0769. The van der Waals surface area contributed by atoms with Gasteiger partial charge >= 0.3 is 11.4 Å². The minimum absolute atomic E-state index is 0.0324. The first-order valence-corrected chi connectivity index (χ1v) is 6.36. The average molecular weight is 334 g/mol. The molecule has 0 fully saturated rings. The summed E-state index contributed by atoms with van der Waals surface area (Å²) in [5, 5.41) is 33.1. The Hall–Kier alpha value is -3.76. The van der Waals surface area contributed by atoms with E-state index in [-0.39, 0.29) is 11.4 Å². The first-order valence-electron chi connectivity index (χ1n) is 6.36. The van der Waals surface area contributed by atoms with Crippen LogP contribution in [0.25, 0.3) is 0 Å². The second kappa shape index (κ2) is 6.16. The van der Waals surface area contributed by atoms with Crippen LogP contribution in [0.15, 0.2) is 30.3 Å². The molecule has 0 aromatic heterocycles. The Morgan fingerprint density at radius 3 is 1.92 bits per heavy atom. The Labute approximate surface area is 133 Å². The second-order valence-electron chi connectivity index (χ2n) is 4.73. The maximum Gasteiger partial charge on any atom is 0.325 e. The topological polar surface area (TPSA) is 165 Å². The van der Waals surface area contributed by atoms with Gasteiger partial charge in [-0.3, -0.25) is 30.3 Å². The van der Waals surface area contributed by atoms with Gasteiger partial charge in [-0.15, -0.1) is 0 Å². The van der Waals surface area contributed by atoms with E-state index in [0.717, 1.165) is 0 Å². The average Bonchev–Trinajstić information content (AvgIpc) is 2.50. The number of rotatable bonds is 5. The van der Waals surface area contributed by atoms with Gasteiger partial charge in [-0.2, -0.15) is 0 Å². The van der Waals surface area contributed by atoms with Crippen molar-refractivity contribution in [2.24, 2.45) is 0 Å². The van der Waals surface area contributed by atoms with Crippen LogP contribution in [-0.2, 0) is 0 Å². The molecule has 0 aliphatic heterocycles. The maximum absolute atomic E-state index is 11.2. The van der Waals surface area contributed by atoms with Gasteiger partial charge in [0.05, 0.1) is 32.6 Å². The summed E-state index contributed by atoms with van der Waals surface area (Å²) in [7, 11) is 0. The van der Waals surface area contributed by atoms with Gasteiger partial charge in [-0.25, -0.2) is 0 Å². The van der Waals surface area contributed by atoms with Crippen molar-refractivity contribution in [2.75, 3.05) is 5.73 Å². The van der Waals surface area contributed by atoms with E-state index in [1.807, 2.05) is 0 Å². The normalized spacial score (nSPS) is 10.2. The van der Waals surface area contributed by atoms with Crippen molar-refractivity contribution in [1.29, 1.82) is 0 Å². The minimum Gasteiger partial charge on any atom is -0.442 e. The van der Waals surface area contributed by atoms with Crippen molar-refractivity contribution in [3.8, 4) is 11.5 Å². The molecule has 2 aromatic rings. The summed E-state index contributed by atoms with van der Waals surface area (Å²) < 4.78 is 5.28. The number of nitrogens with zero attached hydrogens (tertiary/aromatic N) is 3. The second-order valence-corrected chi connectivity index (χ2v) is 4.73. The molecule has 0 aliphatic carbocycles.